The highest BCUT2D eigenvalue weighted by molar-refractivity contribution is 8.57. The molecule has 0 saturated carbocycles. The number of nitrogens with one attached hydrogen (secondary N) is 1. The Labute approximate surface area is 136 Å². The molecule has 21 heavy (non-hydrogen) atoms. The maximum absolute atomic E-state index is 13.0. The van der Waals surface area contributed by atoms with Crippen LogP contribution >= 0.6 is 29.6 Å². The van der Waals surface area contributed by atoms with Gasteiger partial charge in [0.25, 0.3) is 6.65 Å². The Bertz CT molecular complexity index is 527. The summed E-state index contributed by atoms with van der Waals surface area (Å²) in [5.74, 6) is 0. The highest BCUT2D eigenvalue weighted by Gasteiger charge is 2.28. The molecule has 118 valence electrons. The third-order valence-electron chi connectivity index (χ3n) is 3.03. The molecule has 0 amide bonds. The van der Waals surface area contributed by atoms with Crippen LogP contribution in [0.2, 0.25) is 5.02 Å². The third kappa shape index (κ3) is 5.33. The Hall–Kier alpha value is -0.480. The van der Waals surface area contributed by atoms with Crippen LogP contribution in [0.15, 0.2) is 29.3 Å². The number of para-hydroxylation sites is 1. The van der Waals surface area contributed by atoms with Crippen LogP contribution in [0.3, 0.4) is 0 Å². The average molecular weight is 348 g/mol. The monoisotopic (exact) mass is 347 g/mol. The van der Waals surface area contributed by atoms with Crippen molar-refractivity contribution < 1.29 is 4.57 Å². The van der Waals surface area contributed by atoms with Crippen LogP contribution in [0.4, 0.5) is 5.69 Å². The highest BCUT2D eigenvalue weighted by atomic mass is 35.5. The van der Waals surface area contributed by atoms with Gasteiger partial charge in [0.05, 0.1) is 17.0 Å². The zero-order chi connectivity index (χ0) is 15.9. The molecule has 2 atom stereocenters. The number of rotatable bonds is 8. The van der Waals surface area contributed by atoms with Crippen molar-refractivity contribution in [3.8, 4) is 0 Å². The Morgan fingerprint density at radius 2 is 2.14 bits per heavy atom. The van der Waals surface area contributed by atoms with Crippen LogP contribution in [0, 0.1) is 0 Å². The fraction of sp³-hybridized carbons (Fsp3) is 0.500. The van der Waals surface area contributed by atoms with Gasteiger partial charge in [-0.15, -0.1) is 0 Å². The number of hydrogen-bond donors (Lipinski definition) is 1. The molecule has 0 saturated heterocycles. The Kier molecular flexibility index (Phi) is 7.82. The molecule has 0 radical (unpaired) electrons. The Morgan fingerprint density at radius 1 is 1.48 bits per heavy atom. The lowest BCUT2D eigenvalue weighted by Crippen LogP contribution is -2.24. The summed E-state index contributed by atoms with van der Waals surface area (Å²) in [4.78, 5) is 4.37. The maximum Gasteiger partial charge on any atom is 0.293 e. The van der Waals surface area contributed by atoms with Gasteiger partial charge in [-0.25, -0.2) is 10.1 Å². The standard InChI is InChI=1S/C14H23ClN3OPS/c1-5-12(3)21-20(19,16-4)18(6-2)11-17-14-10-8-7-9-13(14)15/h7-12H,5-6H2,1-4H3,(H,16,19). The van der Waals surface area contributed by atoms with Crippen LogP contribution in [0.25, 0.3) is 0 Å². The van der Waals surface area contributed by atoms with Crippen LogP contribution < -0.4 is 5.09 Å². The minimum Gasteiger partial charge on any atom is -0.294 e. The molecule has 1 aromatic carbocycles. The van der Waals surface area contributed by atoms with Crippen molar-refractivity contribution in [3.63, 3.8) is 0 Å². The van der Waals surface area contributed by atoms with Crippen molar-refractivity contribution in [2.75, 3.05) is 13.6 Å². The van der Waals surface area contributed by atoms with Gasteiger partial charge in [-0.05, 0) is 32.5 Å². The van der Waals surface area contributed by atoms with Crippen molar-refractivity contribution in [3.05, 3.63) is 29.3 Å². The minimum atomic E-state index is -2.73. The van der Waals surface area contributed by atoms with Crippen molar-refractivity contribution in [1.29, 1.82) is 0 Å². The Balaban J connectivity index is 2.95. The molecule has 0 aliphatic rings. The molecule has 0 aliphatic carbocycles. The van der Waals surface area contributed by atoms with Crippen molar-refractivity contribution in [2.24, 2.45) is 4.99 Å². The molecule has 7 heteroatoms. The molecule has 1 rings (SSSR count). The summed E-state index contributed by atoms with van der Waals surface area (Å²) < 4.78 is 14.8. The molecule has 0 spiro atoms. The van der Waals surface area contributed by atoms with Gasteiger partial charge in [0, 0.05) is 11.8 Å². The van der Waals surface area contributed by atoms with Gasteiger partial charge in [-0.2, -0.15) is 0 Å². The van der Waals surface area contributed by atoms with Gasteiger partial charge in [0.15, 0.2) is 0 Å². The van der Waals surface area contributed by atoms with Crippen molar-refractivity contribution in [1.82, 2.24) is 9.76 Å². The van der Waals surface area contributed by atoms with Gasteiger partial charge >= 0.3 is 0 Å². The molecule has 0 bridgehead atoms. The molecule has 1 aromatic rings. The van der Waals surface area contributed by atoms with Gasteiger partial charge < -0.3 is 0 Å². The van der Waals surface area contributed by atoms with E-state index in [0.717, 1.165) is 6.42 Å². The molecular weight excluding hydrogens is 325 g/mol. The van der Waals surface area contributed by atoms with Gasteiger partial charge in [0.2, 0.25) is 0 Å². The number of aliphatic imine (C=N–C) groups is 1. The first-order valence-electron chi connectivity index (χ1n) is 7.00. The fourth-order valence-corrected chi connectivity index (χ4v) is 6.51. The van der Waals surface area contributed by atoms with Gasteiger partial charge in [-0.3, -0.25) is 9.24 Å². The Morgan fingerprint density at radius 3 is 2.67 bits per heavy atom. The van der Waals surface area contributed by atoms with Crippen LogP contribution in [0.1, 0.15) is 27.2 Å². The normalized spacial score (nSPS) is 15.9. The summed E-state index contributed by atoms with van der Waals surface area (Å²) in [6.45, 7) is 4.00. The van der Waals surface area contributed by atoms with E-state index in [4.69, 9.17) is 11.6 Å². The maximum atomic E-state index is 13.0. The van der Waals surface area contributed by atoms with E-state index in [2.05, 4.69) is 23.9 Å². The predicted octanol–water partition coefficient (Wildman–Crippen LogP) is 5.18. The van der Waals surface area contributed by atoms with Crippen molar-refractivity contribution in [2.45, 2.75) is 32.4 Å². The van der Waals surface area contributed by atoms with Gasteiger partial charge in [0.1, 0.15) is 0 Å². The summed E-state index contributed by atoms with van der Waals surface area (Å²) >= 11 is 7.55. The number of hydrogen-bond acceptors (Lipinski definition) is 3. The summed E-state index contributed by atoms with van der Waals surface area (Å²) in [7, 11) is 1.72. The van der Waals surface area contributed by atoms with E-state index < -0.39 is 6.65 Å². The second-order valence-electron chi connectivity index (χ2n) is 4.52. The third-order valence-corrected chi connectivity index (χ3v) is 9.07. The quantitative estimate of drug-likeness (QED) is 0.399. The molecular formula is C14H23ClN3OPS. The highest BCUT2D eigenvalue weighted by Crippen LogP contribution is 2.59. The van der Waals surface area contributed by atoms with Crippen LogP contribution in [0.5, 0.6) is 0 Å². The number of nitrogens with zero attached hydrogens (tertiary/aromatic N) is 2. The van der Waals surface area contributed by atoms with E-state index in [-0.39, 0.29) is 0 Å². The van der Waals surface area contributed by atoms with E-state index in [1.54, 1.807) is 24.1 Å². The van der Waals surface area contributed by atoms with E-state index in [1.165, 1.54) is 11.4 Å². The van der Waals surface area contributed by atoms with E-state index in [1.807, 2.05) is 25.1 Å². The molecule has 1 N–H and O–H groups in total. The molecule has 0 fully saturated rings. The summed E-state index contributed by atoms with van der Waals surface area (Å²) in [5.41, 5.74) is 0.675. The molecule has 0 aliphatic heterocycles. The smallest absolute Gasteiger partial charge is 0.293 e. The van der Waals surface area contributed by atoms with Crippen molar-refractivity contribution >= 4 is 41.7 Å². The van der Waals surface area contributed by atoms with E-state index >= 15 is 0 Å². The van der Waals surface area contributed by atoms with Gasteiger partial charge in [-0.1, -0.05) is 49.0 Å². The largest absolute Gasteiger partial charge is 0.294 e. The van der Waals surface area contributed by atoms with E-state index in [9.17, 15) is 4.57 Å². The molecule has 4 nitrogen and oxygen atoms in total. The van der Waals surface area contributed by atoms with Crippen LogP contribution in [-0.2, 0) is 4.57 Å². The topological polar surface area (TPSA) is 44.7 Å². The average Bonchev–Trinajstić information content (AvgIpc) is 2.49. The summed E-state index contributed by atoms with van der Waals surface area (Å²) in [6.07, 6.45) is 2.59. The lowest BCUT2D eigenvalue weighted by Gasteiger charge is -2.29. The lowest BCUT2D eigenvalue weighted by molar-refractivity contribution is 0.535. The second-order valence-corrected chi connectivity index (χ2v) is 10.1. The number of halogens is 1. The van der Waals surface area contributed by atoms with Crippen LogP contribution in [-0.4, -0.2) is 29.9 Å². The minimum absolute atomic E-state index is 0.311. The second kappa shape index (κ2) is 8.84. The molecule has 0 heterocycles. The zero-order valence-electron chi connectivity index (χ0n) is 12.9. The number of benzene rings is 1. The van der Waals surface area contributed by atoms with E-state index in [0.29, 0.717) is 22.5 Å². The first-order valence-corrected chi connectivity index (χ1v) is 10.5. The zero-order valence-corrected chi connectivity index (χ0v) is 15.4. The SMILES string of the molecule is CCC(C)SP(=O)(NC)N(C=Nc1ccccc1Cl)CC. The molecule has 2 unspecified atom stereocenters. The first kappa shape index (κ1) is 18.6. The lowest BCUT2D eigenvalue weighted by atomic mass is 10.3. The molecule has 0 aromatic heterocycles. The predicted molar refractivity (Wildman–Crippen MR) is 96.0 cm³/mol. The first-order chi connectivity index (χ1) is 9.96. The fourth-order valence-electron chi connectivity index (χ4n) is 1.58. The summed E-state index contributed by atoms with van der Waals surface area (Å²) in [6, 6.07) is 7.35. The summed E-state index contributed by atoms with van der Waals surface area (Å²) in [5, 5.41) is 3.86.